The van der Waals surface area contributed by atoms with Crippen molar-refractivity contribution in [2.24, 2.45) is 11.3 Å². The van der Waals surface area contributed by atoms with Gasteiger partial charge in [-0.05, 0) is 36.5 Å². The number of imidazole rings is 1. The minimum atomic E-state index is -0.691. The van der Waals surface area contributed by atoms with E-state index in [1.807, 2.05) is 29.8 Å². The zero-order chi connectivity index (χ0) is 23.2. The Morgan fingerprint density at radius 2 is 2.06 bits per heavy atom. The van der Waals surface area contributed by atoms with Crippen LogP contribution < -0.4 is 5.32 Å². The van der Waals surface area contributed by atoms with E-state index in [9.17, 15) is 14.4 Å². The van der Waals surface area contributed by atoms with Crippen LogP contribution in [0.1, 0.15) is 49.9 Å². The molecule has 0 radical (unpaired) electrons. The molecule has 1 aromatic carbocycles. The van der Waals surface area contributed by atoms with Crippen molar-refractivity contribution in [1.82, 2.24) is 19.8 Å². The maximum atomic E-state index is 13.9. The number of rotatable bonds is 5. The first-order valence-electron chi connectivity index (χ1n) is 11.7. The molecule has 2 amide bonds. The summed E-state index contributed by atoms with van der Waals surface area (Å²) in [4.78, 5) is 45.5. The minimum Gasteiger partial charge on any atom is -0.367 e. The number of ether oxygens (including phenoxy) is 1. The van der Waals surface area contributed by atoms with Gasteiger partial charge in [-0.1, -0.05) is 32.8 Å². The Kier molecular flexibility index (Phi) is 5.56. The molecule has 174 valence electrons. The lowest BCUT2D eigenvalue weighted by atomic mass is 9.79. The van der Waals surface area contributed by atoms with Crippen molar-refractivity contribution in [3.8, 4) is 5.69 Å². The molecule has 3 aliphatic rings. The number of nitrogens with one attached hydrogen (secondary N) is 1. The number of likely N-dealkylation sites (tertiary alicyclic amines) is 1. The molecule has 3 fully saturated rings. The van der Waals surface area contributed by atoms with Crippen molar-refractivity contribution < 1.29 is 19.1 Å². The molecule has 2 aromatic rings. The number of carbonyl (C=O) groups excluding carboxylic acids is 3. The fraction of sp³-hybridized carbons (Fsp3) is 0.520. The maximum Gasteiger partial charge on any atom is 0.252 e. The van der Waals surface area contributed by atoms with Crippen LogP contribution in [0.2, 0.25) is 0 Å². The molecule has 33 heavy (non-hydrogen) atoms. The lowest BCUT2D eigenvalue weighted by molar-refractivity contribution is -0.140. The maximum absolute atomic E-state index is 13.9. The fourth-order valence-electron chi connectivity index (χ4n) is 5.72. The highest BCUT2D eigenvalue weighted by atomic mass is 16.5. The van der Waals surface area contributed by atoms with Gasteiger partial charge >= 0.3 is 0 Å². The summed E-state index contributed by atoms with van der Waals surface area (Å²) in [5.41, 5.74) is 0.951. The van der Waals surface area contributed by atoms with Crippen molar-refractivity contribution in [1.29, 1.82) is 0 Å². The monoisotopic (exact) mass is 450 g/mol. The quantitative estimate of drug-likeness (QED) is 0.755. The minimum absolute atomic E-state index is 0.0487. The van der Waals surface area contributed by atoms with E-state index in [1.165, 1.54) is 0 Å². The first-order chi connectivity index (χ1) is 15.9. The third-order valence-corrected chi connectivity index (χ3v) is 7.60. The Morgan fingerprint density at radius 3 is 2.79 bits per heavy atom. The Hall–Kier alpha value is -3.00. The zero-order valence-electron chi connectivity index (χ0n) is 19.1. The van der Waals surface area contributed by atoms with E-state index in [0.717, 1.165) is 31.4 Å². The molecule has 0 unspecified atom stereocenters. The van der Waals surface area contributed by atoms with Gasteiger partial charge in [0.05, 0.1) is 12.4 Å². The topological polar surface area (TPSA) is 93.5 Å². The van der Waals surface area contributed by atoms with E-state index < -0.39 is 12.1 Å². The smallest absolute Gasteiger partial charge is 0.252 e. The third kappa shape index (κ3) is 3.86. The molecular weight excluding hydrogens is 420 g/mol. The second-order valence-corrected chi connectivity index (χ2v) is 9.94. The number of nitrogens with zero attached hydrogens (tertiary/aromatic N) is 3. The van der Waals surface area contributed by atoms with Crippen molar-refractivity contribution in [3.63, 3.8) is 0 Å². The highest BCUT2D eigenvalue weighted by Gasteiger charge is 2.54. The second-order valence-electron chi connectivity index (χ2n) is 9.94. The van der Waals surface area contributed by atoms with Crippen LogP contribution >= 0.6 is 0 Å². The van der Waals surface area contributed by atoms with Gasteiger partial charge in [0.1, 0.15) is 18.7 Å². The summed E-state index contributed by atoms with van der Waals surface area (Å²) in [5, 5.41) is 3.07. The first-order valence-corrected chi connectivity index (χ1v) is 11.7. The van der Waals surface area contributed by atoms with Gasteiger partial charge in [-0.2, -0.15) is 0 Å². The van der Waals surface area contributed by atoms with Crippen LogP contribution in [-0.2, 0) is 14.3 Å². The molecule has 8 heteroatoms. The van der Waals surface area contributed by atoms with Gasteiger partial charge < -0.3 is 19.5 Å². The summed E-state index contributed by atoms with van der Waals surface area (Å²) in [6.45, 7) is 4.61. The number of fused-ring (bicyclic) bond motifs is 1. The van der Waals surface area contributed by atoms with Gasteiger partial charge in [-0.15, -0.1) is 0 Å². The Balaban J connectivity index is 1.42. The molecule has 0 bridgehead atoms. The number of ketones is 1. The predicted octanol–water partition coefficient (Wildman–Crippen LogP) is 2.37. The first kappa shape index (κ1) is 21.8. The van der Waals surface area contributed by atoms with Gasteiger partial charge in [0.2, 0.25) is 5.91 Å². The summed E-state index contributed by atoms with van der Waals surface area (Å²) in [7, 11) is 0. The lowest BCUT2D eigenvalue weighted by Crippen LogP contribution is -2.57. The van der Waals surface area contributed by atoms with E-state index in [-0.39, 0.29) is 41.6 Å². The summed E-state index contributed by atoms with van der Waals surface area (Å²) >= 11 is 0. The van der Waals surface area contributed by atoms with E-state index in [4.69, 9.17) is 4.74 Å². The molecular formula is C25H30N4O4. The lowest BCUT2D eigenvalue weighted by Gasteiger charge is -2.37. The molecule has 2 aliphatic heterocycles. The van der Waals surface area contributed by atoms with E-state index >= 15 is 0 Å². The molecule has 1 N–H and O–H groups in total. The molecule has 1 saturated carbocycles. The summed E-state index contributed by atoms with van der Waals surface area (Å²) in [6.07, 6.45) is 8.69. The van der Waals surface area contributed by atoms with E-state index in [0.29, 0.717) is 12.1 Å². The van der Waals surface area contributed by atoms with Gasteiger partial charge in [-0.3, -0.25) is 14.4 Å². The fourth-order valence-corrected chi connectivity index (χ4v) is 5.72. The molecule has 5 rings (SSSR count). The Morgan fingerprint density at radius 1 is 1.27 bits per heavy atom. The Labute approximate surface area is 193 Å². The number of aromatic nitrogens is 2. The number of amides is 2. The normalized spacial score (nSPS) is 26.9. The highest BCUT2D eigenvalue weighted by Crippen LogP contribution is 2.42. The van der Waals surface area contributed by atoms with E-state index in [1.54, 1.807) is 29.6 Å². The second kappa shape index (κ2) is 8.41. The molecule has 8 nitrogen and oxygen atoms in total. The van der Waals surface area contributed by atoms with Crippen LogP contribution in [0.3, 0.4) is 0 Å². The summed E-state index contributed by atoms with van der Waals surface area (Å²) in [6, 6.07) is 6.02. The molecule has 1 aliphatic carbocycles. The van der Waals surface area contributed by atoms with Crippen molar-refractivity contribution in [3.05, 3.63) is 48.5 Å². The average Bonchev–Trinajstić information content (AvgIpc) is 3.60. The van der Waals surface area contributed by atoms with Crippen LogP contribution in [-0.4, -0.2) is 63.4 Å². The van der Waals surface area contributed by atoms with Crippen LogP contribution in [0.5, 0.6) is 0 Å². The molecule has 0 spiro atoms. The van der Waals surface area contributed by atoms with Gasteiger partial charge in [0.15, 0.2) is 5.78 Å². The van der Waals surface area contributed by atoms with Crippen LogP contribution in [0.15, 0.2) is 43.0 Å². The number of benzene rings is 1. The largest absolute Gasteiger partial charge is 0.367 e. The third-order valence-electron chi connectivity index (χ3n) is 7.60. The molecule has 2 saturated heterocycles. The van der Waals surface area contributed by atoms with Crippen molar-refractivity contribution in [2.45, 2.75) is 57.7 Å². The predicted molar refractivity (Wildman–Crippen MR) is 121 cm³/mol. The van der Waals surface area contributed by atoms with Crippen LogP contribution in [0, 0.1) is 11.3 Å². The zero-order valence-corrected chi connectivity index (χ0v) is 19.1. The van der Waals surface area contributed by atoms with Crippen LogP contribution in [0.25, 0.3) is 5.69 Å². The molecule has 1 aromatic heterocycles. The number of Topliss-reactive ketones (excluding diaryl/α,β-unsaturated/α-hetero) is 1. The summed E-state index contributed by atoms with van der Waals surface area (Å²) < 4.78 is 7.50. The molecule has 4 atom stereocenters. The summed E-state index contributed by atoms with van der Waals surface area (Å²) in [5.74, 6) is -0.421. The SMILES string of the molecule is C[C@@H]1CN(C(=O)[C@@H](NC(=O)c2cccc(-n3ccnc3)c2)C2(C)CCCC2)[C@@H]2C(=O)CO[C@H]12. The van der Waals surface area contributed by atoms with Gasteiger partial charge in [0.25, 0.3) is 5.91 Å². The molecule has 3 heterocycles. The Bertz CT molecular complexity index is 1060. The van der Waals surface area contributed by atoms with Crippen molar-refractivity contribution >= 4 is 17.6 Å². The van der Waals surface area contributed by atoms with Crippen molar-refractivity contribution in [2.75, 3.05) is 13.2 Å². The standard InChI is InChI=1S/C25H30N4O4/c1-16-13-29(20-19(30)14-33-21(16)20)24(32)22(25(2)8-3-4-9-25)27-23(31)17-6-5-7-18(12-17)28-11-10-26-15-28/h5-7,10-12,15-16,20-22H,3-4,8-9,13-14H2,1-2H3,(H,27,31)/t16-,20-,21-,22-/m1/s1. The van der Waals surface area contributed by atoms with Crippen LogP contribution in [0.4, 0.5) is 0 Å². The number of hydrogen-bond acceptors (Lipinski definition) is 5. The van der Waals surface area contributed by atoms with Gasteiger partial charge in [0, 0.05) is 36.1 Å². The number of hydrogen-bond donors (Lipinski definition) is 1. The average molecular weight is 451 g/mol. The number of carbonyl (C=O) groups is 3. The van der Waals surface area contributed by atoms with Gasteiger partial charge in [-0.25, -0.2) is 4.98 Å². The highest BCUT2D eigenvalue weighted by molar-refractivity contribution is 6.00. The van der Waals surface area contributed by atoms with E-state index in [2.05, 4.69) is 17.2 Å².